The molecule has 0 unspecified atom stereocenters. The molecule has 0 atom stereocenters. The largest absolute Gasteiger partial charge is 0.350 e. The van der Waals surface area contributed by atoms with Gasteiger partial charge in [0.25, 0.3) is 11.8 Å². The van der Waals surface area contributed by atoms with Crippen molar-refractivity contribution in [1.82, 2.24) is 9.88 Å². The fraction of sp³-hybridized carbons (Fsp3) is 0.125. The van der Waals surface area contributed by atoms with Gasteiger partial charge in [-0.25, -0.2) is 0 Å². The summed E-state index contributed by atoms with van der Waals surface area (Å²) in [5.74, 6) is -0.740. The van der Waals surface area contributed by atoms with Crippen molar-refractivity contribution in [2.24, 2.45) is 0 Å². The zero-order chi connectivity index (χ0) is 21.1. The van der Waals surface area contributed by atoms with Crippen LogP contribution in [-0.4, -0.2) is 21.7 Å². The average molecular weight is 418 g/mol. The Morgan fingerprint density at radius 3 is 2.30 bits per heavy atom. The summed E-state index contributed by atoms with van der Waals surface area (Å²) >= 11 is 6.01. The minimum absolute atomic E-state index is 0.107. The number of rotatable bonds is 6. The van der Waals surface area contributed by atoms with E-state index in [9.17, 15) is 9.59 Å². The van der Waals surface area contributed by atoms with Gasteiger partial charge in [0.1, 0.15) is 5.70 Å². The van der Waals surface area contributed by atoms with E-state index in [2.05, 4.69) is 17.2 Å². The number of amides is 2. The van der Waals surface area contributed by atoms with Crippen LogP contribution in [0.1, 0.15) is 23.7 Å². The number of pyridine rings is 1. The highest BCUT2D eigenvalue weighted by atomic mass is 35.5. The topological polar surface area (TPSA) is 62.3 Å². The molecule has 0 saturated heterocycles. The highest BCUT2D eigenvalue weighted by Gasteiger charge is 2.39. The first kappa shape index (κ1) is 19.9. The first-order valence-electron chi connectivity index (χ1n) is 9.69. The van der Waals surface area contributed by atoms with Crippen molar-refractivity contribution in [3.8, 4) is 0 Å². The molecule has 0 radical (unpaired) electrons. The van der Waals surface area contributed by atoms with Crippen LogP contribution in [0, 0.1) is 0 Å². The molecule has 5 nitrogen and oxygen atoms in total. The van der Waals surface area contributed by atoms with E-state index >= 15 is 0 Å². The number of nitrogens with zero attached hydrogens (tertiary/aromatic N) is 2. The van der Waals surface area contributed by atoms with Gasteiger partial charge in [0.05, 0.1) is 17.8 Å². The average Bonchev–Trinajstić information content (AvgIpc) is 3.00. The maximum absolute atomic E-state index is 13.3. The Balaban J connectivity index is 1.72. The summed E-state index contributed by atoms with van der Waals surface area (Å²) in [6.45, 7) is 2.19. The first-order valence-corrected chi connectivity index (χ1v) is 10.1. The van der Waals surface area contributed by atoms with Crippen LogP contribution in [0.15, 0.2) is 78.6 Å². The van der Waals surface area contributed by atoms with Crippen LogP contribution in [-0.2, 0) is 22.6 Å². The fourth-order valence-electron chi connectivity index (χ4n) is 3.34. The Morgan fingerprint density at radius 1 is 0.933 bits per heavy atom. The highest BCUT2D eigenvalue weighted by Crippen LogP contribution is 2.32. The minimum atomic E-state index is -0.379. The van der Waals surface area contributed by atoms with Crippen LogP contribution < -0.4 is 5.32 Å². The van der Waals surface area contributed by atoms with Gasteiger partial charge in [-0.2, -0.15) is 0 Å². The number of anilines is 1. The van der Waals surface area contributed by atoms with Crippen molar-refractivity contribution >= 4 is 34.7 Å². The van der Waals surface area contributed by atoms with Gasteiger partial charge in [-0.1, -0.05) is 48.9 Å². The number of aromatic nitrogens is 1. The van der Waals surface area contributed by atoms with Crippen molar-refractivity contribution in [3.63, 3.8) is 0 Å². The summed E-state index contributed by atoms with van der Waals surface area (Å²) in [6, 6.07) is 20.1. The number of carbonyl (C=O) groups excluding carboxylic acids is 2. The van der Waals surface area contributed by atoms with Gasteiger partial charge in [-0.3, -0.25) is 19.5 Å². The summed E-state index contributed by atoms with van der Waals surface area (Å²) in [6.07, 6.45) is 2.57. The number of hydrogen-bond acceptors (Lipinski definition) is 4. The molecule has 0 saturated carbocycles. The smallest absolute Gasteiger partial charge is 0.278 e. The number of hydrogen-bond donors (Lipinski definition) is 1. The van der Waals surface area contributed by atoms with Gasteiger partial charge in [0, 0.05) is 16.9 Å². The van der Waals surface area contributed by atoms with Crippen molar-refractivity contribution < 1.29 is 9.59 Å². The normalized spacial score (nSPS) is 13.9. The Morgan fingerprint density at radius 2 is 1.67 bits per heavy atom. The lowest BCUT2D eigenvalue weighted by Crippen LogP contribution is -2.32. The van der Waals surface area contributed by atoms with Crippen LogP contribution in [0.5, 0.6) is 0 Å². The van der Waals surface area contributed by atoms with Gasteiger partial charge < -0.3 is 5.32 Å². The predicted molar refractivity (Wildman–Crippen MR) is 118 cm³/mol. The number of aryl methyl sites for hydroxylation is 1. The van der Waals surface area contributed by atoms with Crippen molar-refractivity contribution in [2.45, 2.75) is 19.9 Å². The van der Waals surface area contributed by atoms with E-state index in [0.29, 0.717) is 21.9 Å². The molecule has 0 fully saturated rings. The second kappa shape index (κ2) is 8.51. The molecule has 0 bridgehead atoms. The third-order valence-electron chi connectivity index (χ3n) is 4.98. The lowest BCUT2D eigenvalue weighted by molar-refractivity contribution is -0.137. The number of benzene rings is 2. The quantitative estimate of drug-likeness (QED) is 0.591. The molecular weight excluding hydrogens is 398 g/mol. The number of halogens is 1. The third-order valence-corrected chi connectivity index (χ3v) is 5.23. The first-order chi connectivity index (χ1) is 14.6. The molecule has 0 spiro atoms. The summed E-state index contributed by atoms with van der Waals surface area (Å²) in [4.78, 5) is 31.9. The summed E-state index contributed by atoms with van der Waals surface area (Å²) < 4.78 is 0. The number of imide groups is 1. The van der Waals surface area contributed by atoms with Gasteiger partial charge >= 0.3 is 0 Å². The summed E-state index contributed by atoms with van der Waals surface area (Å²) in [7, 11) is 0. The number of nitrogens with one attached hydrogen (secondary N) is 1. The van der Waals surface area contributed by atoms with E-state index in [1.165, 1.54) is 10.5 Å². The molecule has 1 aliphatic rings. The molecule has 2 heterocycles. The van der Waals surface area contributed by atoms with Gasteiger partial charge in [-0.05, 0) is 53.9 Å². The van der Waals surface area contributed by atoms with Crippen molar-refractivity contribution in [3.05, 3.63) is 100 Å². The van der Waals surface area contributed by atoms with E-state index in [4.69, 9.17) is 11.6 Å². The Kier molecular flexibility index (Phi) is 5.63. The van der Waals surface area contributed by atoms with E-state index < -0.39 is 0 Å². The van der Waals surface area contributed by atoms with Crippen LogP contribution in [0.3, 0.4) is 0 Å². The van der Waals surface area contributed by atoms with Crippen molar-refractivity contribution in [2.75, 3.05) is 5.32 Å². The maximum atomic E-state index is 13.3. The second-order valence-electron chi connectivity index (χ2n) is 6.95. The lowest BCUT2D eigenvalue weighted by atomic mass is 10.0. The molecule has 6 heteroatoms. The molecule has 1 aromatic heterocycles. The zero-order valence-electron chi connectivity index (χ0n) is 16.4. The minimum Gasteiger partial charge on any atom is -0.350 e. The monoisotopic (exact) mass is 417 g/mol. The van der Waals surface area contributed by atoms with Crippen LogP contribution in [0.4, 0.5) is 5.69 Å². The van der Waals surface area contributed by atoms with Crippen molar-refractivity contribution in [1.29, 1.82) is 0 Å². The molecule has 1 N–H and O–H groups in total. The molecule has 3 aromatic rings. The molecule has 0 aliphatic carbocycles. The van der Waals surface area contributed by atoms with Gasteiger partial charge in [0.15, 0.2) is 0 Å². The summed E-state index contributed by atoms with van der Waals surface area (Å²) in [5.41, 5.74) is 3.79. The molecule has 1 aliphatic heterocycles. The third kappa shape index (κ3) is 3.98. The molecule has 150 valence electrons. The fourth-order valence-corrected chi connectivity index (χ4v) is 3.47. The maximum Gasteiger partial charge on any atom is 0.278 e. The molecule has 2 amide bonds. The van der Waals surface area contributed by atoms with E-state index in [1.807, 2.05) is 30.3 Å². The summed E-state index contributed by atoms with van der Waals surface area (Å²) in [5, 5.41) is 3.73. The Hall–Kier alpha value is -3.44. The van der Waals surface area contributed by atoms with Crippen LogP contribution >= 0.6 is 11.6 Å². The zero-order valence-corrected chi connectivity index (χ0v) is 17.2. The SMILES string of the molecule is CCc1ccc(NC2=C(c3ccc(Cl)cc3)C(=O)N(Cc3ccccn3)C2=O)cc1. The lowest BCUT2D eigenvalue weighted by Gasteiger charge is -2.14. The predicted octanol–water partition coefficient (Wildman–Crippen LogP) is 4.69. The number of carbonyl (C=O) groups is 2. The van der Waals surface area contributed by atoms with Crippen LogP contribution in [0.2, 0.25) is 5.02 Å². The standard InChI is InChI=1S/C24H20ClN3O2/c1-2-16-6-12-19(13-7-16)27-22-21(17-8-10-18(25)11-9-17)23(29)28(24(22)30)15-20-5-3-4-14-26-20/h3-14,27H,2,15H2,1H3. The molecular formula is C24H20ClN3O2. The Labute approximate surface area is 180 Å². The second-order valence-corrected chi connectivity index (χ2v) is 7.39. The molecule has 30 heavy (non-hydrogen) atoms. The van der Waals surface area contributed by atoms with E-state index in [1.54, 1.807) is 42.6 Å². The molecule has 4 rings (SSSR count). The van der Waals surface area contributed by atoms with Gasteiger partial charge in [-0.15, -0.1) is 0 Å². The Bertz CT molecular complexity index is 1110. The highest BCUT2D eigenvalue weighted by molar-refractivity contribution is 6.36. The van der Waals surface area contributed by atoms with E-state index in [0.717, 1.165) is 12.1 Å². The van der Waals surface area contributed by atoms with E-state index in [-0.39, 0.29) is 24.1 Å². The molecule has 2 aromatic carbocycles. The van der Waals surface area contributed by atoms with Crippen LogP contribution in [0.25, 0.3) is 5.57 Å². The van der Waals surface area contributed by atoms with Gasteiger partial charge in [0.2, 0.25) is 0 Å².